The molecule has 3 rings (SSSR count). The predicted octanol–water partition coefficient (Wildman–Crippen LogP) is 3.55. The summed E-state index contributed by atoms with van der Waals surface area (Å²) in [7, 11) is 0. The average molecular weight is 391 g/mol. The van der Waals surface area contributed by atoms with Crippen molar-refractivity contribution in [1.29, 1.82) is 0 Å². The van der Waals surface area contributed by atoms with E-state index in [4.69, 9.17) is 4.52 Å². The fourth-order valence-electron chi connectivity index (χ4n) is 3.10. The third kappa shape index (κ3) is 4.88. The van der Waals surface area contributed by atoms with E-state index in [2.05, 4.69) is 10.5 Å². The van der Waals surface area contributed by atoms with Crippen LogP contribution in [0.15, 0.2) is 34.9 Å². The number of amides is 2. The summed E-state index contributed by atoms with van der Waals surface area (Å²) in [5, 5.41) is 5.99. The number of likely N-dealkylation sites (tertiary alicyclic amines) is 1. The zero-order valence-electron chi connectivity index (χ0n) is 15.3. The minimum absolute atomic E-state index is 0.0104. The Morgan fingerprint density at radius 1 is 1.41 bits per heavy atom. The van der Waals surface area contributed by atoms with Crippen molar-refractivity contribution in [2.45, 2.75) is 38.0 Å². The number of benzene rings is 1. The van der Waals surface area contributed by atoms with E-state index >= 15 is 0 Å². The number of nitrogens with one attached hydrogen (secondary N) is 1. The lowest BCUT2D eigenvalue weighted by Crippen LogP contribution is -2.33. The van der Waals surface area contributed by atoms with E-state index in [-0.39, 0.29) is 29.4 Å². The second-order valence-corrected chi connectivity index (χ2v) is 7.89. The number of aromatic nitrogens is 1. The molecular formula is C19H22FN3O3S. The molecule has 2 heterocycles. The van der Waals surface area contributed by atoms with Crippen LogP contribution in [0, 0.1) is 12.7 Å². The zero-order valence-corrected chi connectivity index (χ0v) is 16.1. The van der Waals surface area contributed by atoms with Gasteiger partial charge in [0.15, 0.2) is 5.82 Å². The van der Waals surface area contributed by atoms with Gasteiger partial charge in [0.25, 0.3) is 0 Å². The summed E-state index contributed by atoms with van der Waals surface area (Å²) >= 11 is 1.28. The molecule has 6 nitrogen and oxygen atoms in total. The monoisotopic (exact) mass is 391 g/mol. The molecule has 0 spiro atoms. The number of carbonyl (C=O) groups is 2. The molecule has 0 aliphatic carbocycles. The Labute approximate surface area is 161 Å². The van der Waals surface area contributed by atoms with Crippen molar-refractivity contribution < 1.29 is 18.5 Å². The zero-order chi connectivity index (χ0) is 19.4. The summed E-state index contributed by atoms with van der Waals surface area (Å²) in [6, 6.07) is 7.91. The Kier molecular flexibility index (Phi) is 6.15. The Balaban J connectivity index is 1.53. The van der Waals surface area contributed by atoms with Crippen molar-refractivity contribution in [1.82, 2.24) is 10.1 Å². The van der Waals surface area contributed by atoms with Gasteiger partial charge in [-0.25, -0.2) is 4.39 Å². The van der Waals surface area contributed by atoms with Gasteiger partial charge in [-0.1, -0.05) is 17.3 Å². The predicted molar refractivity (Wildman–Crippen MR) is 102 cm³/mol. The molecule has 2 aromatic rings. The summed E-state index contributed by atoms with van der Waals surface area (Å²) in [5.74, 6) is 0.673. The summed E-state index contributed by atoms with van der Waals surface area (Å²) in [4.78, 5) is 26.7. The second kappa shape index (κ2) is 8.56. The lowest BCUT2D eigenvalue weighted by Gasteiger charge is -2.25. The maximum atomic E-state index is 13.1. The van der Waals surface area contributed by atoms with Crippen LogP contribution in [0.2, 0.25) is 0 Å². The maximum absolute atomic E-state index is 13.1. The molecule has 144 valence electrons. The number of hydrogen-bond acceptors (Lipinski definition) is 5. The van der Waals surface area contributed by atoms with E-state index < -0.39 is 5.25 Å². The van der Waals surface area contributed by atoms with Crippen LogP contribution in [0.3, 0.4) is 0 Å². The number of carbonyl (C=O) groups excluding carboxylic acids is 2. The van der Waals surface area contributed by atoms with E-state index in [1.54, 1.807) is 32.0 Å². The molecule has 1 aliphatic heterocycles. The third-order valence-corrected chi connectivity index (χ3v) is 5.66. The maximum Gasteiger partial charge on any atom is 0.238 e. The Morgan fingerprint density at radius 2 is 2.15 bits per heavy atom. The van der Waals surface area contributed by atoms with Crippen LogP contribution in [0.5, 0.6) is 0 Å². The summed E-state index contributed by atoms with van der Waals surface area (Å²) in [6.45, 7) is 4.18. The fraction of sp³-hybridized carbons (Fsp3) is 0.421. The summed E-state index contributed by atoms with van der Waals surface area (Å²) in [6.07, 6.45) is 1.78. The molecule has 1 fully saturated rings. The molecule has 0 bridgehead atoms. The van der Waals surface area contributed by atoms with E-state index in [0.717, 1.165) is 18.4 Å². The minimum Gasteiger partial charge on any atom is -0.360 e. The number of nitrogens with zero attached hydrogens (tertiary/aromatic N) is 2. The summed E-state index contributed by atoms with van der Waals surface area (Å²) in [5.41, 5.74) is 0.944. The lowest BCUT2D eigenvalue weighted by atomic mass is 10.0. The van der Waals surface area contributed by atoms with Crippen LogP contribution < -0.4 is 5.32 Å². The van der Waals surface area contributed by atoms with Crippen LogP contribution in [0.1, 0.15) is 37.1 Å². The standard InChI is InChI=1S/C19H22FN3O3S/c1-12-10-17(22-26-12)21-19(25)13(2)27-11-18(24)23-9-3-4-16(23)14-5-7-15(20)8-6-14/h5-8,10,13,16H,3-4,9,11H2,1-2H3,(H,21,22,25). The van der Waals surface area contributed by atoms with Crippen LogP contribution >= 0.6 is 11.8 Å². The van der Waals surface area contributed by atoms with Gasteiger partial charge in [0, 0.05) is 12.6 Å². The first kappa shape index (κ1) is 19.4. The minimum atomic E-state index is -0.405. The second-order valence-electron chi connectivity index (χ2n) is 6.56. The van der Waals surface area contributed by atoms with Crippen molar-refractivity contribution in [3.63, 3.8) is 0 Å². The molecule has 1 aromatic carbocycles. The third-order valence-electron chi connectivity index (χ3n) is 4.53. The van der Waals surface area contributed by atoms with Gasteiger partial charge in [-0.05, 0) is 44.4 Å². The molecular weight excluding hydrogens is 369 g/mol. The number of rotatable bonds is 6. The van der Waals surface area contributed by atoms with Crippen LogP contribution in [-0.4, -0.2) is 39.4 Å². The van der Waals surface area contributed by atoms with Gasteiger partial charge < -0.3 is 14.7 Å². The first-order valence-corrected chi connectivity index (χ1v) is 9.89. The molecule has 1 N–H and O–H groups in total. The van der Waals surface area contributed by atoms with Crippen molar-refractivity contribution in [3.8, 4) is 0 Å². The normalized spacial score (nSPS) is 17.7. The molecule has 2 unspecified atom stereocenters. The van der Waals surface area contributed by atoms with Crippen molar-refractivity contribution >= 4 is 29.4 Å². The van der Waals surface area contributed by atoms with Gasteiger partial charge >= 0.3 is 0 Å². The Morgan fingerprint density at radius 3 is 2.81 bits per heavy atom. The first-order valence-electron chi connectivity index (χ1n) is 8.85. The smallest absolute Gasteiger partial charge is 0.238 e. The van der Waals surface area contributed by atoms with Gasteiger partial charge in [0.1, 0.15) is 11.6 Å². The molecule has 8 heteroatoms. The van der Waals surface area contributed by atoms with E-state index in [0.29, 0.717) is 18.1 Å². The highest BCUT2D eigenvalue weighted by molar-refractivity contribution is 8.01. The topological polar surface area (TPSA) is 75.4 Å². The molecule has 2 amide bonds. The Hall–Kier alpha value is -2.35. The van der Waals surface area contributed by atoms with E-state index in [1.165, 1.54) is 23.9 Å². The largest absolute Gasteiger partial charge is 0.360 e. The molecule has 27 heavy (non-hydrogen) atoms. The van der Waals surface area contributed by atoms with Crippen LogP contribution in [0.25, 0.3) is 0 Å². The number of hydrogen-bond donors (Lipinski definition) is 1. The van der Waals surface area contributed by atoms with Gasteiger partial charge in [-0.15, -0.1) is 11.8 Å². The number of anilines is 1. The Bertz CT molecular complexity index is 809. The van der Waals surface area contributed by atoms with Crippen molar-refractivity contribution in [3.05, 3.63) is 47.5 Å². The average Bonchev–Trinajstić information content (AvgIpc) is 3.29. The van der Waals surface area contributed by atoms with E-state index in [9.17, 15) is 14.0 Å². The van der Waals surface area contributed by atoms with Crippen LogP contribution in [-0.2, 0) is 9.59 Å². The van der Waals surface area contributed by atoms with Crippen LogP contribution in [0.4, 0.5) is 10.2 Å². The molecule has 1 aromatic heterocycles. The highest BCUT2D eigenvalue weighted by atomic mass is 32.2. The number of thioether (sulfide) groups is 1. The van der Waals surface area contributed by atoms with Gasteiger partial charge in [-0.2, -0.15) is 0 Å². The quantitative estimate of drug-likeness (QED) is 0.815. The fourth-order valence-corrected chi connectivity index (χ4v) is 3.87. The van der Waals surface area contributed by atoms with Gasteiger partial charge in [0.05, 0.1) is 17.0 Å². The SMILES string of the molecule is Cc1cc(NC(=O)C(C)SCC(=O)N2CCCC2c2ccc(F)cc2)no1. The number of aryl methyl sites for hydroxylation is 1. The molecule has 0 saturated carbocycles. The summed E-state index contributed by atoms with van der Waals surface area (Å²) < 4.78 is 18.1. The first-order chi connectivity index (χ1) is 12.9. The van der Waals surface area contributed by atoms with Gasteiger partial charge in [0.2, 0.25) is 11.8 Å². The lowest BCUT2D eigenvalue weighted by molar-refractivity contribution is -0.129. The van der Waals surface area contributed by atoms with Crippen molar-refractivity contribution in [2.75, 3.05) is 17.6 Å². The molecule has 2 atom stereocenters. The molecule has 0 radical (unpaired) electrons. The molecule has 1 saturated heterocycles. The molecule has 1 aliphatic rings. The number of halogens is 1. The van der Waals surface area contributed by atoms with Gasteiger partial charge in [-0.3, -0.25) is 9.59 Å². The highest BCUT2D eigenvalue weighted by Crippen LogP contribution is 2.32. The van der Waals surface area contributed by atoms with Crippen molar-refractivity contribution in [2.24, 2.45) is 0 Å². The van der Waals surface area contributed by atoms with E-state index in [1.807, 2.05) is 4.90 Å². The highest BCUT2D eigenvalue weighted by Gasteiger charge is 2.30.